The molecule has 1 saturated carbocycles. The second-order valence-corrected chi connectivity index (χ2v) is 3.12. The number of hydrogen-bond acceptors (Lipinski definition) is 3. The van der Waals surface area contributed by atoms with Crippen LogP contribution in [0.2, 0.25) is 0 Å². The Labute approximate surface area is 72.4 Å². The third-order valence-electron chi connectivity index (χ3n) is 2.11. The average molecular weight is 172 g/mol. The van der Waals surface area contributed by atoms with Gasteiger partial charge in [-0.2, -0.15) is 0 Å². The molecular formula is C8H16N2O2. The maximum Gasteiger partial charge on any atom is 0.139 e. The first-order chi connectivity index (χ1) is 5.83. The topological polar surface area (TPSA) is 67.8 Å². The molecule has 1 rings (SSSR count). The molecule has 4 nitrogen and oxygen atoms in total. The molecule has 0 unspecified atom stereocenters. The predicted molar refractivity (Wildman–Crippen MR) is 46.2 cm³/mol. The standard InChI is InChI=1S/C8H16N2O2/c9-8(10-11)5-2-6-12-7-3-1-4-7/h7,11H,1-6H2,(H2,9,10). The highest BCUT2D eigenvalue weighted by molar-refractivity contribution is 5.79. The molecule has 0 heterocycles. The van der Waals surface area contributed by atoms with Crippen LogP contribution >= 0.6 is 0 Å². The lowest BCUT2D eigenvalue weighted by molar-refractivity contribution is 0.00193. The summed E-state index contributed by atoms with van der Waals surface area (Å²) in [6, 6.07) is 0. The molecule has 1 aliphatic carbocycles. The van der Waals surface area contributed by atoms with E-state index in [4.69, 9.17) is 15.7 Å². The van der Waals surface area contributed by atoms with Gasteiger partial charge in [-0.15, -0.1) is 0 Å². The monoisotopic (exact) mass is 172 g/mol. The Morgan fingerprint density at radius 3 is 2.83 bits per heavy atom. The van der Waals surface area contributed by atoms with Crippen molar-refractivity contribution in [2.24, 2.45) is 10.9 Å². The summed E-state index contributed by atoms with van der Waals surface area (Å²) in [6.07, 6.45) is 5.63. The minimum Gasteiger partial charge on any atom is -0.409 e. The van der Waals surface area contributed by atoms with Crippen LogP contribution in [0.4, 0.5) is 0 Å². The first-order valence-electron chi connectivity index (χ1n) is 4.41. The number of nitrogens with zero attached hydrogens (tertiary/aromatic N) is 1. The van der Waals surface area contributed by atoms with Gasteiger partial charge in [0, 0.05) is 13.0 Å². The maximum atomic E-state index is 8.22. The van der Waals surface area contributed by atoms with Crippen LogP contribution < -0.4 is 5.73 Å². The number of hydrogen-bond donors (Lipinski definition) is 2. The largest absolute Gasteiger partial charge is 0.409 e. The van der Waals surface area contributed by atoms with Gasteiger partial charge >= 0.3 is 0 Å². The van der Waals surface area contributed by atoms with Crippen LogP contribution in [0.15, 0.2) is 5.16 Å². The van der Waals surface area contributed by atoms with E-state index in [1.165, 1.54) is 19.3 Å². The third-order valence-corrected chi connectivity index (χ3v) is 2.11. The molecule has 0 atom stereocenters. The van der Waals surface area contributed by atoms with Gasteiger partial charge in [0.2, 0.25) is 0 Å². The fourth-order valence-electron chi connectivity index (χ4n) is 1.09. The first kappa shape index (κ1) is 9.32. The van der Waals surface area contributed by atoms with Crippen LogP contribution in [0, 0.1) is 0 Å². The zero-order chi connectivity index (χ0) is 8.81. The molecule has 4 heteroatoms. The zero-order valence-corrected chi connectivity index (χ0v) is 7.20. The highest BCUT2D eigenvalue weighted by Crippen LogP contribution is 2.21. The summed E-state index contributed by atoms with van der Waals surface area (Å²) in [7, 11) is 0. The molecule has 0 spiro atoms. The number of rotatable bonds is 5. The van der Waals surface area contributed by atoms with Gasteiger partial charge in [0.1, 0.15) is 5.84 Å². The summed E-state index contributed by atoms with van der Waals surface area (Å²) >= 11 is 0. The highest BCUT2D eigenvalue weighted by Gasteiger charge is 2.16. The summed E-state index contributed by atoms with van der Waals surface area (Å²) in [6.45, 7) is 0.723. The number of ether oxygens (including phenoxy) is 1. The fourth-order valence-corrected chi connectivity index (χ4v) is 1.09. The molecule has 0 bridgehead atoms. The molecule has 1 fully saturated rings. The van der Waals surface area contributed by atoms with Crippen LogP contribution in [0.5, 0.6) is 0 Å². The van der Waals surface area contributed by atoms with Crippen molar-refractivity contribution in [3.8, 4) is 0 Å². The maximum absolute atomic E-state index is 8.22. The van der Waals surface area contributed by atoms with Crippen molar-refractivity contribution in [2.75, 3.05) is 6.61 Å². The van der Waals surface area contributed by atoms with Gasteiger partial charge in [-0.05, 0) is 25.7 Å². The van der Waals surface area contributed by atoms with E-state index in [2.05, 4.69) is 5.16 Å². The molecule has 0 aliphatic heterocycles. The van der Waals surface area contributed by atoms with Gasteiger partial charge in [0.05, 0.1) is 6.10 Å². The molecule has 1 aliphatic rings. The number of amidine groups is 1. The molecule has 70 valence electrons. The Bertz CT molecular complexity index is 155. The molecule has 3 N–H and O–H groups in total. The Kier molecular flexibility index (Phi) is 3.87. The molecular weight excluding hydrogens is 156 g/mol. The summed E-state index contributed by atoms with van der Waals surface area (Å²) in [4.78, 5) is 0. The van der Waals surface area contributed by atoms with Crippen molar-refractivity contribution in [1.29, 1.82) is 0 Å². The Hall–Kier alpha value is -0.770. The molecule has 0 radical (unpaired) electrons. The highest BCUT2D eigenvalue weighted by atomic mass is 16.5. The third kappa shape index (κ3) is 3.09. The zero-order valence-electron chi connectivity index (χ0n) is 7.20. The van der Waals surface area contributed by atoms with Crippen LogP contribution in [0.3, 0.4) is 0 Å². The van der Waals surface area contributed by atoms with Crippen molar-refractivity contribution in [1.82, 2.24) is 0 Å². The molecule has 0 aromatic carbocycles. The lowest BCUT2D eigenvalue weighted by atomic mass is 9.96. The summed E-state index contributed by atoms with van der Waals surface area (Å²) in [5, 5.41) is 11.1. The van der Waals surface area contributed by atoms with Gasteiger partial charge in [-0.1, -0.05) is 5.16 Å². The quantitative estimate of drug-likeness (QED) is 0.214. The molecule has 0 saturated heterocycles. The average Bonchev–Trinajstić information content (AvgIpc) is 2.00. The molecule has 12 heavy (non-hydrogen) atoms. The summed E-state index contributed by atoms with van der Waals surface area (Å²) in [5.41, 5.74) is 5.28. The minimum atomic E-state index is 0.284. The molecule has 0 aromatic heterocycles. The predicted octanol–water partition coefficient (Wildman–Crippen LogP) is 1.08. The van der Waals surface area contributed by atoms with E-state index in [9.17, 15) is 0 Å². The van der Waals surface area contributed by atoms with Crippen molar-refractivity contribution in [2.45, 2.75) is 38.2 Å². The van der Waals surface area contributed by atoms with E-state index in [0.717, 1.165) is 13.0 Å². The second-order valence-electron chi connectivity index (χ2n) is 3.12. The van der Waals surface area contributed by atoms with Crippen molar-refractivity contribution < 1.29 is 9.94 Å². The Balaban J connectivity index is 1.88. The van der Waals surface area contributed by atoms with Gasteiger partial charge in [0.15, 0.2) is 0 Å². The van der Waals surface area contributed by atoms with E-state index < -0.39 is 0 Å². The molecule has 0 aromatic rings. The molecule has 0 amide bonds. The summed E-state index contributed by atoms with van der Waals surface area (Å²) < 4.78 is 5.48. The second kappa shape index (κ2) is 4.98. The van der Waals surface area contributed by atoms with Crippen molar-refractivity contribution in [3.63, 3.8) is 0 Å². The van der Waals surface area contributed by atoms with Crippen LogP contribution in [-0.4, -0.2) is 23.8 Å². The van der Waals surface area contributed by atoms with Crippen molar-refractivity contribution in [3.05, 3.63) is 0 Å². The fraction of sp³-hybridized carbons (Fsp3) is 0.875. The van der Waals surface area contributed by atoms with Crippen LogP contribution in [-0.2, 0) is 4.74 Å². The lowest BCUT2D eigenvalue weighted by Crippen LogP contribution is -2.22. The first-order valence-corrected chi connectivity index (χ1v) is 4.41. The number of oxime groups is 1. The Morgan fingerprint density at radius 2 is 2.33 bits per heavy atom. The van der Waals surface area contributed by atoms with E-state index in [0.29, 0.717) is 12.5 Å². The van der Waals surface area contributed by atoms with E-state index in [1.807, 2.05) is 0 Å². The van der Waals surface area contributed by atoms with Gasteiger partial charge in [0.25, 0.3) is 0 Å². The Morgan fingerprint density at radius 1 is 1.58 bits per heavy atom. The van der Waals surface area contributed by atoms with Crippen LogP contribution in [0.1, 0.15) is 32.1 Å². The van der Waals surface area contributed by atoms with E-state index >= 15 is 0 Å². The van der Waals surface area contributed by atoms with Gasteiger partial charge < -0.3 is 15.7 Å². The smallest absolute Gasteiger partial charge is 0.139 e. The summed E-state index contributed by atoms with van der Waals surface area (Å²) in [5.74, 6) is 0.284. The van der Waals surface area contributed by atoms with E-state index in [-0.39, 0.29) is 5.84 Å². The minimum absolute atomic E-state index is 0.284. The SMILES string of the molecule is NC(CCCOC1CCC1)=NO. The van der Waals surface area contributed by atoms with Gasteiger partial charge in [-0.25, -0.2) is 0 Å². The van der Waals surface area contributed by atoms with E-state index in [1.54, 1.807) is 0 Å². The van der Waals surface area contributed by atoms with Crippen LogP contribution in [0.25, 0.3) is 0 Å². The van der Waals surface area contributed by atoms with Crippen molar-refractivity contribution >= 4 is 5.84 Å². The number of nitrogens with two attached hydrogens (primary N) is 1. The van der Waals surface area contributed by atoms with Gasteiger partial charge in [-0.3, -0.25) is 0 Å². The lowest BCUT2D eigenvalue weighted by Gasteiger charge is -2.25. The normalized spacial score (nSPS) is 19.2.